The summed E-state index contributed by atoms with van der Waals surface area (Å²) in [5.41, 5.74) is -0.910. The monoisotopic (exact) mass is 466 g/mol. The maximum Gasteiger partial charge on any atom is 0.434 e. The van der Waals surface area contributed by atoms with Gasteiger partial charge in [0.05, 0.1) is 18.4 Å². The molecule has 0 saturated carbocycles. The fourth-order valence-electron chi connectivity index (χ4n) is 2.84. The predicted molar refractivity (Wildman–Crippen MR) is 107 cm³/mol. The van der Waals surface area contributed by atoms with Gasteiger partial charge in [-0.05, 0) is 52.9 Å². The minimum Gasteiger partial charge on any atom is -0.497 e. The third kappa shape index (κ3) is 4.30. The summed E-state index contributed by atoms with van der Waals surface area (Å²) in [6.07, 6.45) is -3.78. The van der Waals surface area contributed by atoms with Crippen LogP contribution in [0.5, 0.6) is 5.75 Å². The van der Waals surface area contributed by atoms with Crippen LogP contribution in [0.15, 0.2) is 48.7 Å². The topological polar surface area (TPSA) is 78.6 Å². The van der Waals surface area contributed by atoms with Crippen molar-refractivity contribution in [1.29, 1.82) is 0 Å². The lowest BCUT2D eigenvalue weighted by molar-refractivity contribution is -0.140. The van der Waals surface area contributed by atoms with Gasteiger partial charge in [0.2, 0.25) is 0 Å². The summed E-state index contributed by atoms with van der Waals surface area (Å²) in [5.74, 6) is 0.208. The Balaban J connectivity index is 1.85. The Morgan fingerprint density at radius 2 is 1.68 bits per heavy atom. The van der Waals surface area contributed by atoms with E-state index >= 15 is 0 Å². The van der Waals surface area contributed by atoms with Crippen molar-refractivity contribution in [3.63, 3.8) is 0 Å². The fourth-order valence-corrected chi connectivity index (χ4v) is 3.36. The Kier molecular flexibility index (Phi) is 5.50. The first-order chi connectivity index (χ1) is 14.8. The van der Waals surface area contributed by atoms with Gasteiger partial charge in [-0.25, -0.2) is 9.97 Å². The Morgan fingerprint density at radius 3 is 2.29 bits per heavy atom. The molecule has 0 aliphatic carbocycles. The third-order valence-electron chi connectivity index (χ3n) is 4.21. The summed E-state index contributed by atoms with van der Waals surface area (Å²) < 4.78 is 47.9. The first-order valence-corrected chi connectivity index (χ1v) is 9.36. The molecule has 12 heteroatoms. The van der Waals surface area contributed by atoms with Gasteiger partial charge >= 0.3 is 6.18 Å². The second kappa shape index (κ2) is 8.12. The Bertz CT molecular complexity index is 1220. The van der Waals surface area contributed by atoms with E-state index in [4.69, 9.17) is 27.9 Å². The quantitative estimate of drug-likeness (QED) is 0.415. The Hall–Kier alpha value is -3.24. The van der Waals surface area contributed by atoms with Crippen molar-refractivity contribution in [2.24, 2.45) is 0 Å². The lowest BCUT2D eigenvalue weighted by Crippen LogP contribution is -2.13. The van der Waals surface area contributed by atoms with E-state index in [1.165, 1.54) is 25.3 Å². The second-order valence-electron chi connectivity index (χ2n) is 6.22. The number of hydrogen-bond donors (Lipinski definition) is 0. The molecular weight excluding hydrogens is 456 g/mol. The van der Waals surface area contributed by atoms with E-state index in [0.29, 0.717) is 11.4 Å². The molecule has 0 aliphatic rings. The Morgan fingerprint density at radius 1 is 1.00 bits per heavy atom. The van der Waals surface area contributed by atoms with Crippen molar-refractivity contribution in [1.82, 2.24) is 30.2 Å². The van der Waals surface area contributed by atoms with Crippen molar-refractivity contribution >= 4 is 23.2 Å². The van der Waals surface area contributed by atoms with Gasteiger partial charge in [-0.3, -0.25) is 0 Å². The molecule has 0 atom stereocenters. The van der Waals surface area contributed by atoms with Crippen LogP contribution in [0.2, 0.25) is 10.0 Å². The average Bonchev–Trinajstić information content (AvgIpc) is 3.22. The molecule has 0 spiro atoms. The number of ether oxygens (including phenoxy) is 1. The standard InChI is InChI=1S/C19H11Cl2F3N6O/c1-31-14-4-2-13(3-5-14)30-18(27-28-29-30)15-9-25-17(26-16(15)19(22,23)24)10-6-11(20)8-12(21)7-10/h2-9H,1H3. The maximum absolute atomic E-state index is 13.9. The van der Waals surface area contributed by atoms with Gasteiger partial charge in [0.15, 0.2) is 17.3 Å². The summed E-state index contributed by atoms with van der Waals surface area (Å²) >= 11 is 11.9. The molecule has 4 aromatic rings. The molecule has 0 aliphatic heterocycles. The molecule has 0 fully saturated rings. The number of alkyl halides is 3. The van der Waals surface area contributed by atoms with Crippen LogP contribution >= 0.6 is 23.2 Å². The van der Waals surface area contributed by atoms with Crippen LogP contribution in [0.25, 0.3) is 28.5 Å². The molecule has 0 unspecified atom stereocenters. The lowest BCUT2D eigenvalue weighted by atomic mass is 10.1. The zero-order valence-electron chi connectivity index (χ0n) is 15.6. The van der Waals surface area contributed by atoms with Crippen molar-refractivity contribution in [3.8, 4) is 34.2 Å². The first-order valence-electron chi connectivity index (χ1n) is 8.60. The van der Waals surface area contributed by atoms with Crippen LogP contribution in [-0.4, -0.2) is 37.3 Å². The molecule has 31 heavy (non-hydrogen) atoms. The van der Waals surface area contributed by atoms with Crippen molar-refractivity contribution < 1.29 is 17.9 Å². The summed E-state index contributed by atoms with van der Waals surface area (Å²) in [5, 5.41) is 11.6. The van der Waals surface area contributed by atoms with Gasteiger partial charge in [0, 0.05) is 21.8 Å². The molecule has 2 heterocycles. The van der Waals surface area contributed by atoms with Gasteiger partial charge in [-0.1, -0.05) is 23.2 Å². The number of hydrogen-bond acceptors (Lipinski definition) is 6. The Labute approximate surface area is 183 Å². The smallest absolute Gasteiger partial charge is 0.434 e. The highest BCUT2D eigenvalue weighted by Gasteiger charge is 2.38. The molecule has 0 bridgehead atoms. The van der Waals surface area contributed by atoms with Gasteiger partial charge in [0.1, 0.15) is 5.75 Å². The fraction of sp³-hybridized carbons (Fsp3) is 0.105. The minimum atomic E-state index is -4.80. The maximum atomic E-state index is 13.9. The second-order valence-corrected chi connectivity index (χ2v) is 7.10. The van der Waals surface area contributed by atoms with Crippen LogP contribution in [0.3, 0.4) is 0 Å². The summed E-state index contributed by atoms with van der Waals surface area (Å²) in [4.78, 5) is 7.80. The SMILES string of the molecule is COc1ccc(-n2nnnc2-c2cnc(-c3cc(Cl)cc(Cl)c3)nc2C(F)(F)F)cc1. The highest BCUT2D eigenvalue weighted by Crippen LogP contribution is 2.36. The molecule has 158 valence electrons. The predicted octanol–water partition coefficient (Wildman–Crippen LogP) is 5.12. The molecule has 4 rings (SSSR count). The van der Waals surface area contributed by atoms with Crippen LogP contribution in [0, 0.1) is 0 Å². The van der Waals surface area contributed by atoms with E-state index < -0.39 is 11.9 Å². The highest BCUT2D eigenvalue weighted by atomic mass is 35.5. The van der Waals surface area contributed by atoms with Gasteiger partial charge < -0.3 is 4.74 Å². The molecule has 2 aromatic heterocycles. The van der Waals surface area contributed by atoms with E-state index in [0.717, 1.165) is 10.9 Å². The van der Waals surface area contributed by atoms with E-state index in [2.05, 4.69) is 25.5 Å². The van der Waals surface area contributed by atoms with Gasteiger partial charge in [0.25, 0.3) is 0 Å². The minimum absolute atomic E-state index is 0.173. The zero-order valence-corrected chi connectivity index (χ0v) is 17.1. The number of halogens is 5. The molecule has 0 radical (unpaired) electrons. The van der Waals surface area contributed by atoms with E-state index in [-0.39, 0.29) is 32.8 Å². The number of rotatable bonds is 4. The number of benzene rings is 2. The molecule has 0 N–H and O–H groups in total. The summed E-state index contributed by atoms with van der Waals surface area (Å²) in [6, 6.07) is 10.8. The molecule has 0 saturated heterocycles. The molecular formula is C19H11Cl2F3N6O. The molecule has 0 amide bonds. The number of aromatic nitrogens is 6. The van der Waals surface area contributed by atoms with Crippen molar-refractivity contribution in [2.75, 3.05) is 7.11 Å². The average molecular weight is 467 g/mol. The summed E-state index contributed by atoms with van der Waals surface area (Å²) in [6.45, 7) is 0. The zero-order chi connectivity index (χ0) is 22.2. The van der Waals surface area contributed by atoms with Crippen molar-refractivity contribution in [3.05, 3.63) is 64.4 Å². The molecule has 7 nitrogen and oxygen atoms in total. The number of nitrogens with zero attached hydrogens (tertiary/aromatic N) is 6. The largest absolute Gasteiger partial charge is 0.497 e. The first kappa shape index (κ1) is 21.0. The van der Waals surface area contributed by atoms with Gasteiger partial charge in [-0.2, -0.15) is 17.9 Å². The van der Waals surface area contributed by atoms with Crippen LogP contribution in [0.1, 0.15) is 5.69 Å². The van der Waals surface area contributed by atoms with E-state index in [9.17, 15) is 13.2 Å². The lowest BCUT2D eigenvalue weighted by Gasteiger charge is -2.13. The number of methoxy groups -OCH3 is 1. The summed E-state index contributed by atoms with van der Waals surface area (Å²) in [7, 11) is 1.50. The van der Waals surface area contributed by atoms with Gasteiger partial charge in [-0.15, -0.1) is 5.10 Å². The normalized spacial score (nSPS) is 11.5. The van der Waals surface area contributed by atoms with E-state index in [1.807, 2.05) is 0 Å². The number of tetrazole rings is 1. The van der Waals surface area contributed by atoms with E-state index in [1.54, 1.807) is 24.3 Å². The molecule has 2 aromatic carbocycles. The van der Waals surface area contributed by atoms with Crippen molar-refractivity contribution in [2.45, 2.75) is 6.18 Å². The van der Waals surface area contributed by atoms with Crippen LogP contribution in [0.4, 0.5) is 13.2 Å². The van der Waals surface area contributed by atoms with Crippen LogP contribution in [-0.2, 0) is 6.18 Å². The highest BCUT2D eigenvalue weighted by molar-refractivity contribution is 6.35. The third-order valence-corrected chi connectivity index (χ3v) is 4.64. The van der Waals surface area contributed by atoms with Crippen LogP contribution < -0.4 is 4.74 Å².